The molecule has 7 nitrogen and oxygen atoms in total. The molecule has 7 heteroatoms. The number of hydrogen-bond acceptors (Lipinski definition) is 6. The number of aromatic nitrogens is 2. The summed E-state index contributed by atoms with van der Waals surface area (Å²) in [7, 11) is 0. The molecule has 142 valence electrons. The molecule has 1 aromatic carbocycles. The van der Waals surface area contributed by atoms with Gasteiger partial charge in [0.25, 0.3) is 5.91 Å². The molecular formula is C20H23N3O4. The Morgan fingerprint density at radius 1 is 1.26 bits per heavy atom. The van der Waals surface area contributed by atoms with E-state index in [0.717, 1.165) is 30.8 Å². The van der Waals surface area contributed by atoms with Gasteiger partial charge < -0.3 is 19.5 Å². The first-order valence-corrected chi connectivity index (χ1v) is 9.29. The van der Waals surface area contributed by atoms with E-state index in [2.05, 4.69) is 15.3 Å². The van der Waals surface area contributed by atoms with Crippen LogP contribution in [0.2, 0.25) is 0 Å². The van der Waals surface area contributed by atoms with E-state index >= 15 is 0 Å². The van der Waals surface area contributed by atoms with E-state index in [0.29, 0.717) is 30.2 Å². The summed E-state index contributed by atoms with van der Waals surface area (Å²) in [6, 6.07) is 5.27. The van der Waals surface area contributed by atoms with Crippen LogP contribution >= 0.6 is 0 Å². The van der Waals surface area contributed by atoms with Crippen molar-refractivity contribution in [2.75, 3.05) is 13.3 Å². The van der Waals surface area contributed by atoms with E-state index in [1.165, 1.54) is 11.3 Å². The van der Waals surface area contributed by atoms with Crippen molar-refractivity contribution in [1.82, 2.24) is 15.3 Å². The monoisotopic (exact) mass is 369 g/mol. The van der Waals surface area contributed by atoms with E-state index in [4.69, 9.17) is 14.2 Å². The number of benzene rings is 1. The van der Waals surface area contributed by atoms with Crippen LogP contribution in [0.15, 0.2) is 18.2 Å². The number of carbonyl (C=O) groups is 1. The van der Waals surface area contributed by atoms with Crippen LogP contribution in [-0.2, 0) is 24.1 Å². The van der Waals surface area contributed by atoms with E-state index in [1.807, 2.05) is 6.92 Å². The fourth-order valence-corrected chi connectivity index (χ4v) is 3.44. The van der Waals surface area contributed by atoms with Crippen LogP contribution in [0.3, 0.4) is 0 Å². The quantitative estimate of drug-likeness (QED) is 0.840. The van der Waals surface area contributed by atoms with Crippen LogP contribution in [-0.4, -0.2) is 35.3 Å². The molecular weight excluding hydrogens is 346 g/mol. The smallest absolute Gasteiger partial charge is 0.260 e. The van der Waals surface area contributed by atoms with Crippen LogP contribution in [0, 0.1) is 6.92 Å². The van der Waals surface area contributed by atoms with Gasteiger partial charge in [-0.25, -0.2) is 9.97 Å². The summed E-state index contributed by atoms with van der Waals surface area (Å²) in [6.45, 7) is 4.44. The lowest BCUT2D eigenvalue weighted by Crippen LogP contribution is -2.37. The Bertz CT molecular complexity index is 869. The molecule has 0 unspecified atom stereocenters. The molecule has 0 fully saturated rings. The van der Waals surface area contributed by atoms with E-state index in [1.54, 1.807) is 25.1 Å². The number of rotatable bonds is 6. The van der Waals surface area contributed by atoms with Gasteiger partial charge in [-0.05, 0) is 50.8 Å². The second-order valence-corrected chi connectivity index (χ2v) is 6.82. The van der Waals surface area contributed by atoms with Crippen molar-refractivity contribution in [3.05, 3.63) is 41.0 Å². The van der Waals surface area contributed by atoms with Gasteiger partial charge >= 0.3 is 0 Å². The first kappa shape index (κ1) is 17.6. The first-order chi connectivity index (χ1) is 13.1. The molecule has 1 atom stereocenters. The number of nitrogens with one attached hydrogen (secondary N) is 1. The van der Waals surface area contributed by atoms with Crippen molar-refractivity contribution in [2.24, 2.45) is 0 Å². The normalized spacial score (nSPS) is 15.3. The van der Waals surface area contributed by atoms with Gasteiger partial charge in [-0.3, -0.25) is 4.79 Å². The number of amides is 1. The van der Waals surface area contributed by atoms with Crippen molar-refractivity contribution in [3.8, 4) is 17.2 Å². The maximum absolute atomic E-state index is 12.3. The zero-order chi connectivity index (χ0) is 18.8. The fourth-order valence-electron chi connectivity index (χ4n) is 3.44. The number of carbonyl (C=O) groups excluding carboxylic acids is 1. The lowest BCUT2D eigenvalue weighted by atomic mass is 10.2. The Balaban J connectivity index is 1.28. The highest BCUT2D eigenvalue weighted by atomic mass is 16.7. The molecule has 2 heterocycles. The average molecular weight is 369 g/mol. The number of nitrogens with zero attached hydrogens (tertiary/aromatic N) is 2. The number of aryl methyl sites for hydroxylation is 2. The van der Waals surface area contributed by atoms with Crippen LogP contribution in [0.4, 0.5) is 0 Å². The molecule has 2 aliphatic rings. The summed E-state index contributed by atoms with van der Waals surface area (Å²) in [5, 5.41) is 2.89. The summed E-state index contributed by atoms with van der Waals surface area (Å²) in [5.41, 5.74) is 3.54. The summed E-state index contributed by atoms with van der Waals surface area (Å²) in [4.78, 5) is 21.5. The Hall–Kier alpha value is -2.83. The molecule has 0 bridgehead atoms. The third-order valence-corrected chi connectivity index (χ3v) is 4.86. The molecule has 27 heavy (non-hydrogen) atoms. The Labute approximate surface area is 158 Å². The standard InChI is InChI=1S/C20H23N3O4/c1-12-15-4-3-5-16(15)23-19(22-12)8-9-21-20(24)13(2)27-14-6-7-17-18(10-14)26-11-25-17/h6-7,10,13H,3-5,8-9,11H2,1-2H3,(H,21,24)/t13-/m0/s1. The van der Waals surface area contributed by atoms with Gasteiger partial charge in [0.2, 0.25) is 6.79 Å². The van der Waals surface area contributed by atoms with Crippen LogP contribution < -0.4 is 19.5 Å². The highest BCUT2D eigenvalue weighted by molar-refractivity contribution is 5.80. The summed E-state index contributed by atoms with van der Waals surface area (Å²) < 4.78 is 16.3. The second-order valence-electron chi connectivity index (χ2n) is 6.82. The zero-order valence-electron chi connectivity index (χ0n) is 15.6. The van der Waals surface area contributed by atoms with Gasteiger partial charge in [0.05, 0.1) is 0 Å². The Morgan fingerprint density at radius 3 is 3.00 bits per heavy atom. The van der Waals surface area contributed by atoms with Crippen LogP contribution in [0.25, 0.3) is 0 Å². The summed E-state index contributed by atoms with van der Waals surface area (Å²) >= 11 is 0. The van der Waals surface area contributed by atoms with Crippen LogP contribution in [0.1, 0.15) is 36.1 Å². The van der Waals surface area contributed by atoms with Crippen molar-refractivity contribution in [2.45, 2.75) is 45.6 Å². The van der Waals surface area contributed by atoms with Gasteiger partial charge in [0.15, 0.2) is 17.6 Å². The molecule has 1 aromatic heterocycles. The molecule has 1 aliphatic heterocycles. The molecule has 1 amide bonds. The zero-order valence-corrected chi connectivity index (χ0v) is 15.6. The van der Waals surface area contributed by atoms with Crippen molar-refractivity contribution >= 4 is 5.91 Å². The highest BCUT2D eigenvalue weighted by Crippen LogP contribution is 2.35. The maximum Gasteiger partial charge on any atom is 0.260 e. The maximum atomic E-state index is 12.3. The molecule has 1 aliphatic carbocycles. The third-order valence-electron chi connectivity index (χ3n) is 4.86. The van der Waals surface area contributed by atoms with Crippen molar-refractivity contribution < 1.29 is 19.0 Å². The molecule has 2 aromatic rings. The van der Waals surface area contributed by atoms with Gasteiger partial charge in [-0.1, -0.05) is 0 Å². The lowest BCUT2D eigenvalue weighted by molar-refractivity contribution is -0.127. The lowest BCUT2D eigenvalue weighted by Gasteiger charge is -2.15. The van der Waals surface area contributed by atoms with E-state index < -0.39 is 6.10 Å². The van der Waals surface area contributed by atoms with Gasteiger partial charge in [0.1, 0.15) is 11.6 Å². The number of fused-ring (bicyclic) bond motifs is 2. The first-order valence-electron chi connectivity index (χ1n) is 9.29. The average Bonchev–Trinajstić information content (AvgIpc) is 3.30. The minimum Gasteiger partial charge on any atom is -0.481 e. The molecule has 0 saturated heterocycles. The van der Waals surface area contributed by atoms with Gasteiger partial charge in [-0.2, -0.15) is 0 Å². The largest absolute Gasteiger partial charge is 0.481 e. The minimum absolute atomic E-state index is 0.175. The van der Waals surface area contributed by atoms with E-state index in [-0.39, 0.29) is 12.7 Å². The molecule has 0 saturated carbocycles. The van der Waals surface area contributed by atoms with Gasteiger partial charge in [0, 0.05) is 30.4 Å². The highest BCUT2D eigenvalue weighted by Gasteiger charge is 2.19. The van der Waals surface area contributed by atoms with Crippen LogP contribution in [0.5, 0.6) is 17.2 Å². The second kappa shape index (κ2) is 7.42. The minimum atomic E-state index is -0.618. The number of hydrogen-bond donors (Lipinski definition) is 1. The predicted octanol–water partition coefficient (Wildman–Crippen LogP) is 2.13. The molecule has 0 spiro atoms. The number of ether oxygens (including phenoxy) is 3. The Kier molecular flexibility index (Phi) is 4.83. The summed E-state index contributed by atoms with van der Waals surface area (Å²) in [6.07, 6.45) is 3.25. The molecule has 4 rings (SSSR count). The summed E-state index contributed by atoms with van der Waals surface area (Å²) in [5.74, 6) is 2.50. The van der Waals surface area contributed by atoms with E-state index in [9.17, 15) is 4.79 Å². The topological polar surface area (TPSA) is 82.6 Å². The molecule has 0 radical (unpaired) electrons. The SMILES string of the molecule is Cc1nc(CCNC(=O)[C@H](C)Oc2ccc3c(c2)OCO3)nc2c1CCC2. The third kappa shape index (κ3) is 3.82. The Morgan fingerprint density at radius 2 is 2.11 bits per heavy atom. The molecule has 1 N–H and O–H groups in total. The van der Waals surface area contributed by atoms with Crippen molar-refractivity contribution in [3.63, 3.8) is 0 Å². The predicted molar refractivity (Wildman–Crippen MR) is 98.2 cm³/mol. The van der Waals surface area contributed by atoms with Gasteiger partial charge in [-0.15, -0.1) is 0 Å². The fraction of sp³-hybridized carbons (Fsp3) is 0.450. The van der Waals surface area contributed by atoms with Crippen molar-refractivity contribution in [1.29, 1.82) is 0 Å².